The molecule has 1 aromatic heterocycles. The maximum Gasteiger partial charge on any atom is 0.394 e. The molecule has 2 heterocycles. The average Bonchev–Trinajstić information content (AvgIpc) is 3.08. The molecule has 2 aromatic rings. The van der Waals surface area contributed by atoms with E-state index in [9.17, 15) is 27.6 Å². The average molecular weight is 397 g/mol. The molecule has 0 radical (unpaired) electrons. The molecule has 150 valence electrons. The van der Waals surface area contributed by atoms with Gasteiger partial charge in [-0.3, -0.25) is 19.0 Å². The van der Waals surface area contributed by atoms with Gasteiger partial charge in [0.1, 0.15) is 0 Å². The highest BCUT2D eigenvalue weighted by atomic mass is 19.4. The number of carbonyl (C=O) groups is 2. The first-order valence-electron chi connectivity index (χ1n) is 8.61. The van der Waals surface area contributed by atoms with Gasteiger partial charge in [0.2, 0.25) is 5.91 Å². The number of carboxylic acid groups (broad SMARTS) is 1. The summed E-state index contributed by atoms with van der Waals surface area (Å²) in [6.45, 7) is 0.567. The first-order valence-corrected chi connectivity index (χ1v) is 8.61. The largest absolute Gasteiger partial charge is 0.481 e. The van der Waals surface area contributed by atoms with Gasteiger partial charge in [0, 0.05) is 26.1 Å². The zero-order valence-corrected chi connectivity index (χ0v) is 14.9. The van der Waals surface area contributed by atoms with Crippen molar-refractivity contribution in [1.82, 2.24) is 14.5 Å². The molecule has 7 nitrogen and oxygen atoms in total. The van der Waals surface area contributed by atoms with Crippen molar-refractivity contribution in [1.29, 1.82) is 0 Å². The van der Waals surface area contributed by atoms with Gasteiger partial charge in [-0.2, -0.15) is 13.2 Å². The number of rotatable bonds is 4. The standard InChI is InChI=1S/C18H18F3N3O4/c1-10-3-2-4-11-15(10)22-9-23(16(11)26)6-5-14(25)24-7-12(17(27)28)13(8-24)18(19,20)21/h2-4,9,12-13H,5-8H2,1H3,(H,27,28)/t12-,13-/m1/s1. The van der Waals surface area contributed by atoms with Crippen LogP contribution in [0.25, 0.3) is 10.9 Å². The molecule has 0 unspecified atom stereocenters. The molecule has 10 heteroatoms. The zero-order valence-electron chi connectivity index (χ0n) is 14.9. The first kappa shape index (κ1) is 19.8. The molecular formula is C18H18F3N3O4. The Morgan fingerprint density at radius 2 is 2.00 bits per heavy atom. The van der Waals surface area contributed by atoms with Crippen LogP contribution in [0.15, 0.2) is 29.3 Å². The molecule has 1 amide bonds. The van der Waals surface area contributed by atoms with E-state index in [0.717, 1.165) is 10.5 Å². The van der Waals surface area contributed by atoms with Crippen molar-refractivity contribution in [3.63, 3.8) is 0 Å². The van der Waals surface area contributed by atoms with Gasteiger partial charge in [-0.25, -0.2) is 4.98 Å². The van der Waals surface area contributed by atoms with Crippen molar-refractivity contribution in [3.8, 4) is 0 Å². The van der Waals surface area contributed by atoms with E-state index in [1.54, 1.807) is 12.1 Å². The van der Waals surface area contributed by atoms with E-state index in [-0.39, 0.29) is 18.5 Å². The van der Waals surface area contributed by atoms with Gasteiger partial charge in [-0.05, 0) is 18.6 Å². The highest BCUT2D eigenvalue weighted by Crippen LogP contribution is 2.37. The molecule has 3 rings (SSSR count). The number of halogens is 3. The molecule has 1 aliphatic heterocycles. The molecule has 0 bridgehead atoms. The topological polar surface area (TPSA) is 92.5 Å². The van der Waals surface area contributed by atoms with E-state index in [4.69, 9.17) is 5.11 Å². The Bertz CT molecular complexity index is 986. The number of alkyl halides is 3. The Kier molecular flexibility index (Phi) is 5.14. The predicted octanol–water partition coefficient (Wildman–Crippen LogP) is 1.82. The van der Waals surface area contributed by atoms with E-state index in [1.807, 2.05) is 13.0 Å². The third-order valence-corrected chi connectivity index (χ3v) is 5.03. The lowest BCUT2D eigenvalue weighted by atomic mass is 9.96. The molecular weight excluding hydrogens is 379 g/mol. The summed E-state index contributed by atoms with van der Waals surface area (Å²) in [5.74, 6) is -5.99. The third kappa shape index (κ3) is 3.71. The molecule has 0 aliphatic carbocycles. The number of nitrogens with zero attached hydrogens (tertiary/aromatic N) is 3. The summed E-state index contributed by atoms with van der Waals surface area (Å²) < 4.78 is 40.3. The van der Waals surface area contributed by atoms with Crippen LogP contribution < -0.4 is 5.56 Å². The maximum absolute atomic E-state index is 13.0. The number of fused-ring (bicyclic) bond motifs is 1. The van der Waals surface area contributed by atoms with Gasteiger partial charge in [0.05, 0.1) is 29.1 Å². The SMILES string of the molecule is Cc1cccc2c(=O)n(CCC(=O)N3C[C@@H](C(F)(F)F)[C@H](C(=O)O)C3)cnc12. The van der Waals surface area contributed by atoms with Crippen LogP contribution in [0.1, 0.15) is 12.0 Å². The number of carbonyl (C=O) groups excluding carboxylic acids is 1. The molecule has 1 saturated heterocycles. The van der Waals surface area contributed by atoms with Crippen molar-refractivity contribution in [2.45, 2.75) is 26.1 Å². The number of hydrogen-bond acceptors (Lipinski definition) is 4. The van der Waals surface area contributed by atoms with Crippen LogP contribution in [-0.4, -0.2) is 50.7 Å². The van der Waals surface area contributed by atoms with E-state index < -0.39 is 43.0 Å². The van der Waals surface area contributed by atoms with Crippen molar-refractivity contribution >= 4 is 22.8 Å². The van der Waals surface area contributed by atoms with E-state index >= 15 is 0 Å². The van der Waals surface area contributed by atoms with Crippen LogP contribution in [0.3, 0.4) is 0 Å². The van der Waals surface area contributed by atoms with Gasteiger partial charge < -0.3 is 10.0 Å². The lowest BCUT2D eigenvalue weighted by Gasteiger charge is -2.18. The Morgan fingerprint density at radius 1 is 1.29 bits per heavy atom. The Labute approximate surface area is 157 Å². The van der Waals surface area contributed by atoms with Gasteiger partial charge in [0.25, 0.3) is 5.56 Å². The molecule has 1 N–H and O–H groups in total. The fourth-order valence-electron chi connectivity index (χ4n) is 3.46. The summed E-state index contributed by atoms with van der Waals surface area (Å²) >= 11 is 0. The smallest absolute Gasteiger partial charge is 0.394 e. The van der Waals surface area contributed by atoms with E-state index in [1.165, 1.54) is 10.9 Å². The molecule has 0 spiro atoms. The summed E-state index contributed by atoms with van der Waals surface area (Å²) in [5.41, 5.74) is 1.03. The first-order chi connectivity index (χ1) is 13.1. The minimum Gasteiger partial charge on any atom is -0.481 e. The van der Waals surface area contributed by atoms with Crippen molar-refractivity contribution in [2.24, 2.45) is 11.8 Å². The van der Waals surface area contributed by atoms with Gasteiger partial charge >= 0.3 is 12.1 Å². The number of benzene rings is 1. The molecule has 1 fully saturated rings. The van der Waals surface area contributed by atoms with Gasteiger partial charge in [-0.15, -0.1) is 0 Å². The van der Waals surface area contributed by atoms with Crippen LogP contribution in [0, 0.1) is 18.8 Å². The fraction of sp³-hybridized carbons (Fsp3) is 0.444. The second kappa shape index (κ2) is 7.25. The van der Waals surface area contributed by atoms with Crippen LogP contribution in [0.4, 0.5) is 13.2 Å². The molecule has 1 aliphatic rings. The molecule has 28 heavy (non-hydrogen) atoms. The molecule has 2 atom stereocenters. The summed E-state index contributed by atoms with van der Waals surface area (Å²) in [4.78, 5) is 41.1. The number of aromatic nitrogens is 2. The number of para-hydroxylation sites is 1. The summed E-state index contributed by atoms with van der Waals surface area (Å²) in [7, 11) is 0. The Morgan fingerprint density at radius 3 is 2.61 bits per heavy atom. The van der Waals surface area contributed by atoms with E-state index in [2.05, 4.69) is 4.98 Å². The number of aryl methyl sites for hydroxylation is 2. The highest BCUT2D eigenvalue weighted by molar-refractivity contribution is 5.81. The van der Waals surface area contributed by atoms with Crippen molar-refractivity contribution in [3.05, 3.63) is 40.4 Å². The van der Waals surface area contributed by atoms with Crippen molar-refractivity contribution in [2.75, 3.05) is 13.1 Å². The number of carboxylic acids is 1. The Balaban J connectivity index is 1.73. The summed E-state index contributed by atoms with van der Waals surface area (Å²) in [6.07, 6.45) is -3.63. The molecule has 0 saturated carbocycles. The molecule has 1 aromatic carbocycles. The van der Waals surface area contributed by atoms with E-state index in [0.29, 0.717) is 10.9 Å². The number of likely N-dealkylation sites (tertiary alicyclic amines) is 1. The monoisotopic (exact) mass is 397 g/mol. The normalized spacial score (nSPS) is 19.9. The highest BCUT2D eigenvalue weighted by Gasteiger charge is 2.53. The number of amides is 1. The van der Waals surface area contributed by atoms with Crippen LogP contribution in [0.5, 0.6) is 0 Å². The van der Waals surface area contributed by atoms with Crippen LogP contribution >= 0.6 is 0 Å². The summed E-state index contributed by atoms with van der Waals surface area (Å²) in [5, 5.41) is 9.41. The van der Waals surface area contributed by atoms with Crippen LogP contribution in [-0.2, 0) is 16.1 Å². The predicted molar refractivity (Wildman–Crippen MR) is 92.6 cm³/mol. The number of hydrogen-bond donors (Lipinski definition) is 1. The van der Waals surface area contributed by atoms with Gasteiger partial charge in [0.15, 0.2) is 0 Å². The van der Waals surface area contributed by atoms with Gasteiger partial charge in [-0.1, -0.05) is 12.1 Å². The quantitative estimate of drug-likeness (QED) is 0.850. The lowest BCUT2D eigenvalue weighted by molar-refractivity contribution is -0.188. The van der Waals surface area contributed by atoms with Crippen LogP contribution in [0.2, 0.25) is 0 Å². The minimum atomic E-state index is -4.70. The third-order valence-electron chi connectivity index (χ3n) is 5.03. The zero-order chi connectivity index (χ0) is 20.6. The van der Waals surface area contributed by atoms with Crippen molar-refractivity contribution < 1.29 is 27.9 Å². The number of aliphatic carboxylic acids is 1. The fourth-order valence-corrected chi connectivity index (χ4v) is 3.46. The minimum absolute atomic E-state index is 0.0561. The Hall–Kier alpha value is -2.91. The summed E-state index contributed by atoms with van der Waals surface area (Å²) in [6, 6.07) is 5.14. The second-order valence-electron chi connectivity index (χ2n) is 6.86. The maximum atomic E-state index is 13.0. The lowest BCUT2D eigenvalue weighted by Crippen LogP contribution is -2.34. The second-order valence-corrected chi connectivity index (χ2v) is 6.86.